The average Bonchev–Trinajstić information content (AvgIpc) is 3.28. The van der Waals surface area contributed by atoms with E-state index in [1.807, 2.05) is 0 Å². The van der Waals surface area contributed by atoms with Crippen LogP contribution < -0.4 is 0 Å². The lowest BCUT2D eigenvalue weighted by molar-refractivity contribution is -0.128. The Hall–Kier alpha value is -2.51. The lowest BCUT2D eigenvalue weighted by Gasteiger charge is -2.16. The molecule has 1 aliphatic heterocycles. The molecule has 0 radical (unpaired) electrons. The van der Waals surface area contributed by atoms with E-state index in [2.05, 4.69) is 10.1 Å². The third-order valence-corrected chi connectivity index (χ3v) is 5.14. The van der Waals surface area contributed by atoms with Crippen molar-refractivity contribution >= 4 is 29.1 Å². The second-order valence-corrected chi connectivity index (χ2v) is 7.32. The number of halogens is 4. The van der Waals surface area contributed by atoms with Crippen molar-refractivity contribution in [2.24, 2.45) is 0 Å². The maximum absolute atomic E-state index is 13.6. The van der Waals surface area contributed by atoms with Crippen molar-refractivity contribution in [1.82, 2.24) is 15.0 Å². The molecule has 1 saturated heterocycles. The molecule has 1 aliphatic rings. The Morgan fingerprint density at radius 1 is 1.11 bits per heavy atom. The normalized spacial score (nSPS) is 16.8. The molecule has 1 atom stereocenters. The van der Waals surface area contributed by atoms with Gasteiger partial charge in [-0.15, -0.1) is 0 Å². The number of hydrogen-bond donors (Lipinski definition) is 0. The van der Waals surface area contributed by atoms with Crippen LogP contribution in [0.4, 0.5) is 8.78 Å². The number of benzene rings is 2. The number of carbonyl (C=O) groups is 1. The highest BCUT2D eigenvalue weighted by Crippen LogP contribution is 2.30. The Balaban J connectivity index is 1.48. The lowest BCUT2D eigenvalue weighted by atomic mass is 10.1. The zero-order chi connectivity index (χ0) is 19.8. The van der Waals surface area contributed by atoms with E-state index in [-0.39, 0.29) is 34.1 Å². The van der Waals surface area contributed by atoms with Gasteiger partial charge in [-0.25, -0.2) is 8.78 Å². The molecule has 0 aliphatic carbocycles. The summed E-state index contributed by atoms with van der Waals surface area (Å²) in [6.07, 6.45) is 0.214. The summed E-state index contributed by atoms with van der Waals surface area (Å²) >= 11 is 11.5. The molecule has 144 valence electrons. The van der Waals surface area contributed by atoms with E-state index in [0.29, 0.717) is 24.5 Å². The Labute approximate surface area is 168 Å². The van der Waals surface area contributed by atoms with Gasteiger partial charge in [0, 0.05) is 25.1 Å². The van der Waals surface area contributed by atoms with Crippen LogP contribution in [0.3, 0.4) is 0 Å². The van der Waals surface area contributed by atoms with Gasteiger partial charge in [-0.1, -0.05) is 34.4 Å². The zero-order valence-electron chi connectivity index (χ0n) is 14.3. The van der Waals surface area contributed by atoms with Crippen molar-refractivity contribution in [2.75, 3.05) is 6.54 Å². The van der Waals surface area contributed by atoms with Crippen LogP contribution in [0, 0.1) is 11.6 Å². The van der Waals surface area contributed by atoms with E-state index in [1.54, 1.807) is 17.0 Å². The Morgan fingerprint density at radius 2 is 1.93 bits per heavy atom. The minimum atomic E-state index is -0.578. The maximum atomic E-state index is 13.6. The first kappa shape index (κ1) is 18.8. The van der Waals surface area contributed by atoms with E-state index >= 15 is 0 Å². The molecule has 1 unspecified atom stereocenters. The first-order valence-corrected chi connectivity index (χ1v) is 9.17. The summed E-state index contributed by atoms with van der Waals surface area (Å²) < 4.78 is 32.2. The Bertz CT molecular complexity index is 1060. The fourth-order valence-electron chi connectivity index (χ4n) is 3.10. The van der Waals surface area contributed by atoms with Crippen LogP contribution in [0.1, 0.15) is 23.8 Å². The number of nitrogens with zero attached hydrogens (tertiary/aromatic N) is 3. The molecule has 4 rings (SSSR count). The third kappa shape index (κ3) is 3.72. The van der Waals surface area contributed by atoms with Gasteiger partial charge in [-0.05, 0) is 35.9 Å². The molecule has 0 saturated carbocycles. The summed E-state index contributed by atoms with van der Waals surface area (Å²) in [5.41, 5.74) is 1.15. The molecule has 5 nitrogen and oxygen atoms in total. The van der Waals surface area contributed by atoms with Crippen LogP contribution in [-0.2, 0) is 11.3 Å². The number of amides is 1. The zero-order valence-corrected chi connectivity index (χ0v) is 15.8. The number of rotatable bonds is 4. The van der Waals surface area contributed by atoms with Crippen molar-refractivity contribution in [1.29, 1.82) is 0 Å². The predicted molar refractivity (Wildman–Crippen MR) is 98.9 cm³/mol. The van der Waals surface area contributed by atoms with Crippen molar-refractivity contribution in [2.45, 2.75) is 18.9 Å². The predicted octanol–water partition coefficient (Wildman–Crippen LogP) is 4.84. The Morgan fingerprint density at radius 3 is 2.68 bits per heavy atom. The third-order valence-electron chi connectivity index (χ3n) is 4.54. The molecule has 0 spiro atoms. The number of hydrogen-bond acceptors (Lipinski definition) is 4. The van der Waals surface area contributed by atoms with Gasteiger partial charge in [-0.2, -0.15) is 4.98 Å². The highest BCUT2D eigenvalue weighted by Gasteiger charge is 2.34. The van der Waals surface area contributed by atoms with Crippen LogP contribution in [-0.4, -0.2) is 27.5 Å². The molecular formula is C19H13Cl2F2N3O2. The summed E-state index contributed by atoms with van der Waals surface area (Å²) in [6, 6.07) is 8.58. The molecule has 28 heavy (non-hydrogen) atoms. The average molecular weight is 424 g/mol. The monoisotopic (exact) mass is 423 g/mol. The van der Waals surface area contributed by atoms with Crippen LogP contribution in [0.25, 0.3) is 11.4 Å². The summed E-state index contributed by atoms with van der Waals surface area (Å²) in [6.45, 7) is 0.684. The van der Waals surface area contributed by atoms with Crippen molar-refractivity contribution in [3.8, 4) is 11.4 Å². The van der Waals surface area contributed by atoms with Gasteiger partial charge in [-0.3, -0.25) is 4.79 Å². The largest absolute Gasteiger partial charge is 0.339 e. The molecule has 0 bridgehead atoms. The second kappa shape index (κ2) is 7.48. The molecule has 1 amide bonds. The molecule has 9 heteroatoms. The first-order chi connectivity index (χ1) is 13.4. The topological polar surface area (TPSA) is 59.2 Å². The van der Waals surface area contributed by atoms with Gasteiger partial charge in [0.1, 0.15) is 11.6 Å². The SMILES string of the molecule is O=C1CC(c2nc(-c3ccc(Cl)c(F)c3)no2)CN1Cc1ccc(F)c(Cl)c1. The molecule has 1 fully saturated rings. The number of likely N-dealkylation sites (tertiary alicyclic amines) is 1. The summed E-state index contributed by atoms with van der Waals surface area (Å²) in [5, 5.41) is 3.89. The van der Waals surface area contributed by atoms with Crippen LogP contribution in [0.2, 0.25) is 10.0 Å². The molecule has 2 aromatic carbocycles. The van der Waals surface area contributed by atoms with E-state index in [9.17, 15) is 13.6 Å². The highest BCUT2D eigenvalue weighted by molar-refractivity contribution is 6.31. The van der Waals surface area contributed by atoms with Crippen molar-refractivity contribution in [3.63, 3.8) is 0 Å². The fourth-order valence-corrected chi connectivity index (χ4v) is 3.42. The minimum absolute atomic E-state index is 0.00500. The van der Waals surface area contributed by atoms with E-state index in [1.165, 1.54) is 24.3 Å². The van der Waals surface area contributed by atoms with Gasteiger partial charge in [0.25, 0.3) is 0 Å². The van der Waals surface area contributed by atoms with Crippen LogP contribution >= 0.6 is 23.2 Å². The lowest BCUT2D eigenvalue weighted by Crippen LogP contribution is -2.24. The Kier molecular flexibility index (Phi) is 5.03. The number of aromatic nitrogens is 2. The highest BCUT2D eigenvalue weighted by atomic mass is 35.5. The standard InChI is InChI=1S/C19H13Cl2F2N3O2/c20-13-3-2-11(6-16(13)23)18-24-19(28-25-18)12-7-17(27)26(9-12)8-10-1-4-15(22)14(21)5-10/h1-6,12H,7-9H2. The summed E-state index contributed by atoms with van der Waals surface area (Å²) in [5.74, 6) is -0.913. The van der Waals surface area contributed by atoms with Crippen molar-refractivity contribution in [3.05, 3.63) is 69.5 Å². The van der Waals surface area contributed by atoms with Gasteiger partial charge < -0.3 is 9.42 Å². The van der Waals surface area contributed by atoms with Gasteiger partial charge in [0.15, 0.2) is 0 Å². The van der Waals surface area contributed by atoms with Crippen LogP contribution in [0.15, 0.2) is 40.9 Å². The molecule has 0 N–H and O–H groups in total. The van der Waals surface area contributed by atoms with Crippen molar-refractivity contribution < 1.29 is 18.1 Å². The molecule has 2 heterocycles. The molecule has 3 aromatic rings. The second-order valence-electron chi connectivity index (χ2n) is 6.51. The summed E-state index contributed by atoms with van der Waals surface area (Å²) in [4.78, 5) is 18.3. The van der Waals surface area contributed by atoms with Gasteiger partial charge in [0.05, 0.1) is 16.0 Å². The van der Waals surface area contributed by atoms with Crippen LogP contribution in [0.5, 0.6) is 0 Å². The van der Waals surface area contributed by atoms with E-state index in [0.717, 1.165) is 5.56 Å². The van der Waals surface area contributed by atoms with E-state index < -0.39 is 11.6 Å². The van der Waals surface area contributed by atoms with Gasteiger partial charge >= 0.3 is 0 Å². The quantitative estimate of drug-likeness (QED) is 0.602. The molecule has 1 aromatic heterocycles. The van der Waals surface area contributed by atoms with E-state index in [4.69, 9.17) is 27.7 Å². The maximum Gasteiger partial charge on any atom is 0.232 e. The van der Waals surface area contributed by atoms with Gasteiger partial charge in [0.2, 0.25) is 17.6 Å². The smallest absolute Gasteiger partial charge is 0.232 e. The minimum Gasteiger partial charge on any atom is -0.339 e. The number of carbonyl (C=O) groups excluding carboxylic acids is 1. The molecular weight excluding hydrogens is 411 g/mol. The summed E-state index contributed by atoms with van der Waals surface area (Å²) in [7, 11) is 0. The fraction of sp³-hybridized carbons (Fsp3) is 0.211. The first-order valence-electron chi connectivity index (χ1n) is 8.41.